The van der Waals surface area contributed by atoms with E-state index >= 15 is 0 Å². The van der Waals surface area contributed by atoms with Crippen LogP contribution in [0.1, 0.15) is 11.1 Å². The third kappa shape index (κ3) is 6.31. The number of amides is 4. The number of non-ortho nitro benzene ring substituents is 1. The molecule has 3 aromatic rings. The number of carbonyl (C=O) groups excluding carboxylic acids is 3. The molecular weight excluding hydrogens is 508 g/mol. The van der Waals surface area contributed by atoms with Gasteiger partial charge in [-0.05, 0) is 41.5 Å². The van der Waals surface area contributed by atoms with Crippen LogP contribution in [0.5, 0.6) is 17.2 Å². The van der Waals surface area contributed by atoms with E-state index in [1.165, 1.54) is 32.4 Å². The van der Waals surface area contributed by atoms with Crippen molar-refractivity contribution in [3.8, 4) is 17.2 Å². The number of urea groups is 1. The lowest BCUT2D eigenvalue weighted by molar-refractivity contribution is -0.384. The number of benzene rings is 3. The predicted molar refractivity (Wildman–Crippen MR) is 140 cm³/mol. The molecule has 4 amide bonds. The Morgan fingerprint density at radius 3 is 2.51 bits per heavy atom. The second kappa shape index (κ2) is 11.8. The van der Waals surface area contributed by atoms with Crippen LogP contribution in [0.4, 0.5) is 16.2 Å². The van der Waals surface area contributed by atoms with Crippen LogP contribution >= 0.6 is 0 Å². The summed E-state index contributed by atoms with van der Waals surface area (Å²) in [5.41, 5.74) is 1.48. The van der Waals surface area contributed by atoms with Crippen LogP contribution in [-0.2, 0) is 16.2 Å². The molecule has 4 rings (SSSR count). The normalized spacial score (nSPS) is 13.7. The van der Waals surface area contributed by atoms with Gasteiger partial charge in [0.15, 0.2) is 11.5 Å². The zero-order valence-electron chi connectivity index (χ0n) is 21.0. The van der Waals surface area contributed by atoms with Crippen LogP contribution < -0.4 is 24.8 Å². The molecule has 1 aliphatic heterocycles. The first-order valence-electron chi connectivity index (χ1n) is 11.6. The number of nitrogens with zero attached hydrogens (tertiary/aromatic N) is 2. The van der Waals surface area contributed by atoms with Crippen LogP contribution in [0.2, 0.25) is 0 Å². The molecule has 0 atom stereocenters. The number of hydrogen-bond acceptors (Lipinski definition) is 8. The molecule has 0 spiro atoms. The Labute approximate surface area is 222 Å². The van der Waals surface area contributed by atoms with Crippen molar-refractivity contribution in [1.82, 2.24) is 10.2 Å². The number of para-hydroxylation sites is 2. The molecule has 1 heterocycles. The maximum absolute atomic E-state index is 12.9. The van der Waals surface area contributed by atoms with Crippen molar-refractivity contribution in [1.29, 1.82) is 0 Å². The summed E-state index contributed by atoms with van der Waals surface area (Å²) < 4.78 is 16.4. The van der Waals surface area contributed by atoms with Crippen LogP contribution in [0, 0.1) is 10.1 Å². The molecule has 2 N–H and O–H groups in total. The van der Waals surface area contributed by atoms with Gasteiger partial charge in [0.05, 0.1) is 24.8 Å². The second-order valence-electron chi connectivity index (χ2n) is 8.25. The van der Waals surface area contributed by atoms with E-state index in [0.717, 1.165) is 4.90 Å². The van der Waals surface area contributed by atoms with Crippen molar-refractivity contribution >= 4 is 35.3 Å². The molecule has 12 heteroatoms. The molecule has 1 aliphatic rings. The van der Waals surface area contributed by atoms with E-state index in [-0.39, 0.29) is 18.0 Å². The summed E-state index contributed by atoms with van der Waals surface area (Å²) in [6.45, 7) is -0.424. The Morgan fingerprint density at radius 1 is 1.00 bits per heavy atom. The molecule has 200 valence electrons. The molecule has 12 nitrogen and oxygen atoms in total. The van der Waals surface area contributed by atoms with E-state index in [4.69, 9.17) is 14.2 Å². The summed E-state index contributed by atoms with van der Waals surface area (Å²) in [6, 6.07) is 17.0. The minimum atomic E-state index is -0.731. The number of methoxy groups -OCH3 is 2. The van der Waals surface area contributed by atoms with Gasteiger partial charge in [-0.15, -0.1) is 0 Å². The van der Waals surface area contributed by atoms with Crippen LogP contribution in [0.3, 0.4) is 0 Å². The Morgan fingerprint density at radius 2 is 1.77 bits per heavy atom. The highest BCUT2D eigenvalue weighted by Gasteiger charge is 2.35. The second-order valence-corrected chi connectivity index (χ2v) is 8.25. The van der Waals surface area contributed by atoms with Gasteiger partial charge in [-0.25, -0.2) is 9.69 Å². The van der Waals surface area contributed by atoms with E-state index in [2.05, 4.69) is 10.6 Å². The maximum Gasteiger partial charge on any atom is 0.329 e. The Hall–Kier alpha value is -5.39. The molecule has 1 saturated heterocycles. The average molecular weight is 533 g/mol. The first-order chi connectivity index (χ1) is 18.8. The lowest BCUT2D eigenvalue weighted by Gasteiger charge is -2.13. The topological polar surface area (TPSA) is 149 Å². The average Bonchev–Trinajstić information content (AvgIpc) is 3.19. The van der Waals surface area contributed by atoms with Crippen LogP contribution in [0.25, 0.3) is 6.08 Å². The number of carbonyl (C=O) groups is 3. The number of rotatable bonds is 10. The van der Waals surface area contributed by atoms with E-state index in [1.54, 1.807) is 54.6 Å². The largest absolute Gasteiger partial charge is 0.495 e. The molecule has 0 unspecified atom stereocenters. The third-order valence-electron chi connectivity index (χ3n) is 5.66. The minimum absolute atomic E-state index is 0.0163. The van der Waals surface area contributed by atoms with Crippen LogP contribution in [0.15, 0.2) is 72.4 Å². The van der Waals surface area contributed by atoms with Crippen molar-refractivity contribution in [3.05, 3.63) is 93.7 Å². The van der Waals surface area contributed by atoms with Gasteiger partial charge in [0.25, 0.3) is 11.6 Å². The maximum atomic E-state index is 12.9. The van der Waals surface area contributed by atoms with Gasteiger partial charge in [-0.1, -0.05) is 30.3 Å². The number of ether oxygens (including phenoxy) is 3. The highest BCUT2D eigenvalue weighted by molar-refractivity contribution is 6.16. The molecule has 3 aromatic carbocycles. The molecule has 0 radical (unpaired) electrons. The SMILES string of the molecule is COc1ccccc1NC(=O)CN1C(=O)N/C(=C/c2ccc(OCc3cccc([N+](=O)[O-])c3)c(OC)c2)C1=O. The fraction of sp³-hybridized carbons (Fsp3) is 0.148. The standard InChI is InChI=1S/C27H24N4O8/c1-37-22-9-4-3-8-20(22)28-25(32)15-30-26(33)21(29-27(30)34)13-17-10-11-23(24(14-17)38-2)39-16-18-6-5-7-19(12-18)31(35)36/h3-14H,15-16H2,1-2H3,(H,28,32)(H,29,34)/b21-13+. The van der Waals surface area contributed by atoms with Gasteiger partial charge in [0.2, 0.25) is 5.91 Å². The number of nitro benzene ring substituents is 1. The molecule has 1 fully saturated rings. The first kappa shape index (κ1) is 26.7. The summed E-state index contributed by atoms with van der Waals surface area (Å²) in [5, 5.41) is 16.1. The van der Waals surface area contributed by atoms with Gasteiger partial charge < -0.3 is 24.8 Å². The van der Waals surface area contributed by atoms with E-state index in [9.17, 15) is 24.5 Å². The van der Waals surface area contributed by atoms with Crippen molar-refractivity contribution in [2.75, 3.05) is 26.1 Å². The molecule has 0 bridgehead atoms. The summed E-state index contributed by atoms with van der Waals surface area (Å²) >= 11 is 0. The highest BCUT2D eigenvalue weighted by atomic mass is 16.6. The van der Waals surface area contributed by atoms with Crippen molar-refractivity contribution in [2.24, 2.45) is 0 Å². The molecule has 0 aliphatic carbocycles. The van der Waals surface area contributed by atoms with Crippen LogP contribution in [-0.4, -0.2) is 48.4 Å². The monoisotopic (exact) mass is 532 g/mol. The predicted octanol–water partition coefficient (Wildman–Crippen LogP) is 3.72. The zero-order valence-corrected chi connectivity index (χ0v) is 21.0. The summed E-state index contributed by atoms with van der Waals surface area (Å²) in [6.07, 6.45) is 1.45. The van der Waals surface area contributed by atoms with Crippen molar-refractivity contribution in [3.63, 3.8) is 0 Å². The molecule has 39 heavy (non-hydrogen) atoms. The van der Waals surface area contributed by atoms with E-state index in [1.807, 2.05) is 0 Å². The summed E-state index contributed by atoms with van der Waals surface area (Å²) in [5.74, 6) is -0.0754. The number of nitrogens with one attached hydrogen (secondary N) is 2. The lowest BCUT2D eigenvalue weighted by atomic mass is 10.1. The minimum Gasteiger partial charge on any atom is -0.495 e. The summed E-state index contributed by atoms with van der Waals surface area (Å²) in [7, 11) is 2.90. The molecule has 0 saturated carbocycles. The number of hydrogen-bond donors (Lipinski definition) is 2. The lowest BCUT2D eigenvalue weighted by Crippen LogP contribution is -2.38. The Balaban J connectivity index is 1.43. The summed E-state index contributed by atoms with van der Waals surface area (Å²) in [4.78, 5) is 49.1. The molecular formula is C27H24N4O8. The van der Waals surface area contributed by atoms with E-state index < -0.39 is 29.3 Å². The van der Waals surface area contributed by atoms with Gasteiger partial charge in [0, 0.05) is 12.1 Å². The Kier molecular flexibility index (Phi) is 8.05. The number of anilines is 1. The number of imide groups is 1. The quantitative estimate of drug-likeness (QED) is 0.174. The van der Waals surface area contributed by atoms with Gasteiger partial charge in [0.1, 0.15) is 24.6 Å². The highest BCUT2D eigenvalue weighted by Crippen LogP contribution is 2.30. The smallest absolute Gasteiger partial charge is 0.329 e. The van der Waals surface area contributed by atoms with E-state index in [0.29, 0.717) is 34.1 Å². The van der Waals surface area contributed by atoms with Gasteiger partial charge in [-0.3, -0.25) is 19.7 Å². The van der Waals surface area contributed by atoms with Crippen molar-refractivity contribution < 1.29 is 33.5 Å². The fourth-order valence-corrected chi connectivity index (χ4v) is 3.78. The molecule has 0 aromatic heterocycles. The third-order valence-corrected chi connectivity index (χ3v) is 5.66. The van der Waals surface area contributed by atoms with Crippen molar-refractivity contribution in [2.45, 2.75) is 6.61 Å². The Bertz CT molecular complexity index is 1470. The zero-order chi connectivity index (χ0) is 27.9. The first-order valence-corrected chi connectivity index (χ1v) is 11.6. The van der Waals surface area contributed by atoms with Gasteiger partial charge >= 0.3 is 6.03 Å². The van der Waals surface area contributed by atoms with Gasteiger partial charge in [-0.2, -0.15) is 0 Å². The number of nitro groups is 1. The fourth-order valence-electron chi connectivity index (χ4n) is 3.78.